The number of amides is 1. The van der Waals surface area contributed by atoms with Crippen LogP contribution < -0.4 is 15.6 Å². The van der Waals surface area contributed by atoms with Gasteiger partial charge in [-0.25, -0.2) is 9.31 Å². The molecule has 0 spiro atoms. The van der Waals surface area contributed by atoms with Gasteiger partial charge in [0.15, 0.2) is 5.82 Å². The molecule has 1 amide bonds. The molecule has 4 rings (SSSR count). The zero-order chi connectivity index (χ0) is 21.8. The fraction of sp³-hybridized carbons (Fsp3) is 0.174. The molecule has 158 valence electrons. The molecule has 8 heteroatoms. The maximum atomic E-state index is 12.5. The van der Waals surface area contributed by atoms with Crippen molar-refractivity contribution in [3.8, 4) is 5.75 Å². The monoisotopic (exact) mass is 418 g/mol. The number of H-pyrrole nitrogens is 1. The van der Waals surface area contributed by atoms with E-state index < -0.39 is 12.1 Å². The number of nitrogens with zero attached hydrogens (tertiary/aromatic N) is 2. The lowest BCUT2D eigenvalue weighted by Gasteiger charge is -2.17. The van der Waals surface area contributed by atoms with E-state index in [0.717, 1.165) is 16.7 Å². The van der Waals surface area contributed by atoms with Gasteiger partial charge in [0.25, 0.3) is 5.56 Å². The molecule has 1 atom stereocenters. The van der Waals surface area contributed by atoms with Gasteiger partial charge in [0.2, 0.25) is 0 Å². The first kappa shape index (κ1) is 20.2. The number of rotatable bonds is 7. The van der Waals surface area contributed by atoms with Gasteiger partial charge in [-0.1, -0.05) is 42.5 Å². The average Bonchev–Trinajstić information content (AvgIpc) is 3.14. The highest BCUT2D eigenvalue weighted by Gasteiger charge is 2.20. The van der Waals surface area contributed by atoms with E-state index in [4.69, 9.17) is 4.74 Å². The molecular weight excluding hydrogens is 396 g/mol. The minimum absolute atomic E-state index is 0.242. The van der Waals surface area contributed by atoms with E-state index >= 15 is 0 Å². The van der Waals surface area contributed by atoms with Crippen molar-refractivity contribution in [2.75, 3.05) is 0 Å². The summed E-state index contributed by atoms with van der Waals surface area (Å²) in [4.78, 5) is 26.6. The third-order valence-electron chi connectivity index (χ3n) is 4.95. The molecule has 1 unspecified atom stereocenters. The minimum atomic E-state index is -1.20. The van der Waals surface area contributed by atoms with Crippen LogP contribution in [0.25, 0.3) is 5.52 Å². The molecule has 0 aliphatic heterocycles. The van der Waals surface area contributed by atoms with Crippen LogP contribution in [0, 0.1) is 6.92 Å². The third kappa shape index (κ3) is 4.75. The zero-order valence-corrected chi connectivity index (χ0v) is 16.9. The molecule has 3 N–H and O–H groups in total. The Morgan fingerprint density at radius 2 is 1.94 bits per heavy atom. The van der Waals surface area contributed by atoms with Crippen molar-refractivity contribution in [3.63, 3.8) is 0 Å². The first-order valence-corrected chi connectivity index (χ1v) is 9.83. The molecule has 0 aliphatic rings. The van der Waals surface area contributed by atoms with Crippen LogP contribution in [-0.4, -0.2) is 25.8 Å². The van der Waals surface area contributed by atoms with E-state index in [1.807, 2.05) is 61.5 Å². The molecule has 2 aromatic heterocycles. The Labute approximate surface area is 178 Å². The number of aromatic nitrogens is 3. The fourth-order valence-electron chi connectivity index (χ4n) is 3.46. The second kappa shape index (κ2) is 8.74. The molecule has 2 heterocycles. The number of aryl methyl sites for hydroxylation is 1. The van der Waals surface area contributed by atoms with E-state index in [0.29, 0.717) is 24.3 Å². The number of hydrogen-bond donors (Lipinski definition) is 3. The van der Waals surface area contributed by atoms with Crippen molar-refractivity contribution >= 4 is 11.6 Å². The summed E-state index contributed by atoms with van der Waals surface area (Å²) in [7, 11) is 0. The molecule has 31 heavy (non-hydrogen) atoms. The van der Waals surface area contributed by atoms with E-state index in [9.17, 15) is 14.7 Å². The van der Waals surface area contributed by atoms with Crippen LogP contribution in [0.15, 0.2) is 71.7 Å². The van der Waals surface area contributed by atoms with Crippen LogP contribution >= 0.6 is 0 Å². The molecule has 2 aromatic carbocycles. The SMILES string of the molecule is Cc1ccn2nc(C(Cc3cccc(OCc4ccccc4)c3)NC(=O)O)[nH]c(=O)c12. The first-order chi connectivity index (χ1) is 15.0. The largest absolute Gasteiger partial charge is 0.489 e. The van der Waals surface area contributed by atoms with Gasteiger partial charge < -0.3 is 20.1 Å². The molecule has 8 nitrogen and oxygen atoms in total. The summed E-state index contributed by atoms with van der Waals surface area (Å²) in [6.45, 7) is 2.25. The summed E-state index contributed by atoms with van der Waals surface area (Å²) in [6, 6.07) is 18.3. The van der Waals surface area contributed by atoms with Gasteiger partial charge >= 0.3 is 6.09 Å². The Kier molecular flexibility index (Phi) is 5.70. The summed E-state index contributed by atoms with van der Waals surface area (Å²) in [5.74, 6) is 0.916. The Balaban J connectivity index is 1.57. The van der Waals surface area contributed by atoms with Gasteiger partial charge in [-0.05, 0) is 41.8 Å². The second-order valence-corrected chi connectivity index (χ2v) is 7.26. The molecular formula is C23H22N4O4. The van der Waals surface area contributed by atoms with Crippen LogP contribution in [0.5, 0.6) is 5.75 Å². The fourth-order valence-corrected chi connectivity index (χ4v) is 3.46. The van der Waals surface area contributed by atoms with Crippen LogP contribution in [0.3, 0.4) is 0 Å². The Morgan fingerprint density at radius 3 is 2.71 bits per heavy atom. The highest BCUT2D eigenvalue weighted by Crippen LogP contribution is 2.20. The lowest BCUT2D eigenvalue weighted by molar-refractivity contribution is 0.189. The molecule has 0 radical (unpaired) electrons. The number of carboxylic acid groups (broad SMARTS) is 1. The number of fused-ring (bicyclic) bond motifs is 1. The third-order valence-corrected chi connectivity index (χ3v) is 4.95. The van der Waals surface area contributed by atoms with E-state index in [1.165, 1.54) is 4.52 Å². The number of aromatic amines is 1. The summed E-state index contributed by atoms with van der Waals surface area (Å²) < 4.78 is 7.34. The van der Waals surface area contributed by atoms with Crippen molar-refractivity contribution in [1.29, 1.82) is 0 Å². The summed E-state index contributed by atoms with van der Waals surface area (Å²) in [5.41, 5.74) is 2.82. The second-order valence-electron chi connectivity index (χ2n) is 7.26. The van der Waals surface area contributed by atoms with Crippen LogP contribution in [0.2, 0.25) is 0 Å². The van der Waals surface area contributed by atoms with E-state index in [-0.39, 0.29) is 11.4 Å². The van der Waals surface area contributed by atoms with Gasteiger partial charge in [-0.15, -0.1) is 0 Å². The van der Waals surface area contributed by atoms with Crippen molar-refractivity contribution in [2.24, 2.45) is 0 Å². The normalized spacial score (nSPS) is 11.9. The van der Waals surface area contributed by atoms with Crippen LogP contribution in [-0.2, 0) is 13.0 Å². The molecule has 0 aliphatic carbocycles. The van der Waals surface area contributed by atoms with Gasteiger partial charge in [-0.2, -0.15) is 5.10 Å². The lowest BCUT2D eigenvalue weighted by atomic mass is 10.1. The van der Waals surface area contributed by atoms with Crippen molar-refractivity contribution in [3.05, 3.63) is 99.7 Å². The van der Waals surface area contributed by atoms with Crippen molar-refractivity contribution < 1.29 is 14.6 Å². The molecule has 0 saturated carbocycles. The van der Waals surface area contributed by atoms with Gasteiger partial charge in [-0.3, -0.25) is 4.79 Å². The van der Waals surface area contributed by atoms with Gasteiger partial charge in [0.1, 0.15) is 17.9 Å². The minimum Gasteiger partial charge on any atom is -0.489 e. The van der Waals surface area contributed by atoms with Crippen molar-refractivity contribution in [2.45, 2.75) is 26.0 Å². The molecule has 0 fully saturated rings. The Bertz CT molecular complexity index is 1260. The lowest BCUT2D eigenvalue weighted by Crippen LogP contribution is -2.32. The summed E-state index contributed by atoms with van der Waals surface area (Å²) >= 11 is 0. The predicted molar refractivity (Wildman–Crippen MR) is 115 cm³/mol. The van der Waals surface area contributed by atoms with Gasteiger partial charge in [0, 0.05) is 12.6 Å². The molecule has 4 aromatic rings. The summed E-state index contributed by atoms with van der Waals surface area (Å²) in [6.07, 6.45) is 0.774. The molecule has 0 bridgehead atoms. The standard InChI is InChI=1S/C23H22N4O4/c1-15-10-11-27-20(15)22(28)25-21(26-27)19(24-23(29)30)13-17-8-5-9-18(12-17)31-14-16-6-3-2-4-7-16/h2-12,19,24H,13-14H2,1H3,(H,29,30)(H,25,26,28). The quantitative estimate of drug-likeness (QED) is 0.426. The Morgan fingerprint density at radius 1 is 1.16 bits per heavy atom. The maximum Gasteiger partial charge on any atom is 0.405 e. The number of hydrogen-bond acceptors (Lipinski definition) is 4. The smallest absolute Gasteiger partial charge is 0.405 e. The molecule has 0 saturated heterocycles. The first-order valence-electron chi connectivity index (χ1n) is 9.83. The van der Waals surface area contributed by atoms with Crippen LogP contribution in [0.4, 0.5) is 4.79 Å². The Hall–Kier alpha value is -4.07. The van der Waals surface area contributed by atoms with Gasteiger partial charge in [0.05, 0.1) is 6.04 Å². The summed E-state index contributed by atoms with van der Waals surface area (Å²) in [5, 5.41) is 16.2. The number of carbonyl (C=O) groups is 1. The van der Waals surface area contributed by atoms with Crippen molar-refractivity contribution in [1.82, 2.24) is 19.9 Å². The topological polar surface area (TPSA) is 109 Å². The maximum absolute atomic E-state index is 12.5. The number of ether oxygens (including phenoxy) is 1. The average molecular weight is 418 g/mol. The highest BCUT2D eigenvalue weighted by atomic mass is 16.5. The van der Waals surface area contributed by atoms with E-state index in [1.54, 1.807) is 12.3 Å². The number of nitrogens with one attached hydrogen (secondary N) is 2. The number of benzene rings is 2. The zero-order valence-electron chi connectivity index (χ0n) is 16.9. The predicted octanol–water partition coefficient (Wildman–Crippen LogP) is 3.46. The highest BCUT2D eigenvalue weighted by molar-refractivity contribution is 5.65. The van der Waals surface area contributed by atoms with E-state index in [2.05, 4.69) is 15.4 Å². The van der Waals surface area contributed by atoms with Crippen LogP contribution in [0.1, 0.15) is 28.6 Å².